The topological polar surface area (TPSA) is 28.1 Å². The summed E-state index contributed by atoms with van der Waals surface area (Å²) in [4.78, 5) is 3.60. The number of nitriles is 1. The van der Waals surface area contributed by atoms with Crippen LogP contribution in [0, 0.1) is 17.9 Å². The molecule has 0 saturated heterocycles. The highest BCUT2D eigenvalue weighted by Gasteiger charge is 2.15. The van der Waals surface area contributed by atoms with Crippen molar-refractivity contribution in [3.05, 3.63) is 150 Å². The van der Waals surface area contributed by atoms with E-state index in [1.807, 2.05) is 36.4 Å². The zero-order valence-electron chi connectivity index (χ0n) is 22.6. The van der Waals surface area contributed by atoms with Crippen LogP contribution in [0.5, 0.6) is 0 Å². The summed E-state index contributed by atoms with van der Waals surface area (Å²) in [6, 6.07) is 49.1. The maximum absolute atomic E-state index is 9.34. The maximum Gasteiger partial charge on any atom is 0.187 e. The molecule has 0 bridgehead atoms. The van der Waals surface area contributed by atoms with Crippen LogP contribution >= 0.6 is 0 Å². The van der Waals surface area contributed by atoms with Gasteiger partial charge in [-0.15, -0.1) is 0 Å². The number of nitrogens with zero attached hydrogens (tertiary/aromatic N) is 2. The Morgan fingerprint density at radius 2 is 0.976 bits per heavy atom. The van der Waals surface area contributed by atoms with Crippen LogP contribution < -0.4 is 0 Å². The summed E-state index contributed by atoms with van der Waals surface area (Å²) >= 11 is 0. The number of hydrogen-bond donors (Lipinski definition) is 0. The number of rotatable bonds is 2. The van der Waals surface area contributed by atoms with Crippen molar-refractivity contribution in [1.29, 1.82) is 5.26 Å². The monoisotopic (exact) mass is 530 g/mol. The Morgan fingerprint density at radius 1 is 0.476 bits per heavy atom. The molecule has 2 heteroatoms. The SMILES string of the molecule is [C-]#[N+]c1ccc2cc(-c3cc4cc(-c5ccc6cc(C#N)ccc6c5)c5ccccc5c4c4ccccc34)ccc2c1. The number of hydrogen-bond acceptors (Lipinski definition) is 1. The first-order valence-electron chi connectivity index (χ1n) is 13.9. The molecule has 0 heterocycles. The van der Waals surface area contributed by atoms with Gasteiger partial charge in [-0.2, -0.15) is 5.26 Å². The normalized spacial score (nSPS) is 11.3. The quantitative estimate of drug-likeness (QED) is 0.161. The van der Waals surface area contributed by atoms with E-state index in [0.717, 1.165) is 32.7 Å². The summed E-state index contributed by atoms with van der Waals surface area (Å²) in [6.45, 7) is 7.37. The largest absolute Gasteiger partial charge is 0.238 e. The summed E-state index contributed by atoms with van der Waals surface area (Å²) in [5.41, 5.74) is 6.02. The Morgan fingerprint density at radius 3 is 1.55 bits per heavy atom. The van der Waals surface area contributed by atoms with E-state index in [4.69, 9.17) is 6.57 Å². The lowest BCUT2D eigenvalue weighted by Gasteiger charge is -2.16. The van der Waals surface area contributed by atoms with Gasteiger partial charge in [0.1, 0.15) is 0 Å². The van der Waals surface area contributed by atoms with Gasteiger partial charge in [0.15, 0.2) is 5.69 Å². The van der Waals surface area contributed by atoms with E-state index in [9.17, 15) is 5.26 Å². The molecule has 192 valence electrons. The van der Waals surface area contributed by atoms with Crippen LogP contribution in [0.3, 0.4) is 0 Å². The third kappa shape index (κ3) is 3.71. The van der Waals surface area contributed by atoms with Crippen LogP contribution in [-0.2, 0) is 0 Å². The lowest BCUT2D eigenvalue weighted by atomic mass is 9.87. The fraction of sp³-hybridized carbons (Fsp3) is 0. The first-order chi connectivity index (χ1) is 20.7. The van der Waals surface area contributed by atoms with Gasteiger partial charge in [0, 0.05) is 0 Å². The first kappa shape index (κ1) is 23.9. The molecule has 0 aromatic heterocycles. The predicted molar refractivity (Wildman–Crippen MR) is 176 cm³/mol. The second kappa shape index (κ2) is 9.31. The minimum atomic E-state index is 0.657. The molecule has 0 aliphatic carbocycles. The van der Waals surface area contributed by atoms with Crippen molar-refractivity contribution in [2.45, 2.75) is 0 Å². The molecule has 42 heavy (non-hydrogen) atoms. The molecular formula is C40H22N2. The molecule has 8 rings (SSSR count). The molecule has 2 nitrogen and oxygen atoms in total. The first-order valence-corrected chi connectivity index (χ1v) is 13.9. The van der Waals surface area contributed by atoms with Gasteiger partial charge in [-0.25, -0.2) is 4.85 Å². The van der Waals surface area contributed by atoms with Gasteiger partial charge in [0.05, 0.1) is 18.2 Å². The minimum Gasteiger partial charge on any atom is -0.238 e. The smallest absolute Gasteiger partial charge is 0.187 e. The zero-order chi connectivity index (χ0) is 28.2. The molecule has 0 saturated carbocycles. The van der Waals surface area contributed by atoms with Crippen LogP contribution in [0.2, 0.25) is 0 Å². The fourth-order valence-corrected chi connectivity index (χ4v) is 6.41. The molecule has 0 spiro atoms. The average Bonchev–Trinajstić information content (AvgIpc) is 3.06. The van der Waals surface area contributed by atoms with Gasteiger partial charge in [-0.1, -0.05) is 91.0 Å². The van der Waals surface area contributed by atoms with Gasteiger partial charge in [-0.3, -0.25) is 0 Å². The van der Waals surface area contributed by atoms with Crippen molar-refractivity contribution in [1.82, 2.24) is 0 Å². The summed E-state index contributed by atoms with van der Waals surface area (Å²) < 4.78 is 0. The van der Waals surface area contributed by atoms with Crippen LogP contribution in [0.25, 0.3) is 81.0 Å². The van der Waals surface area contributed by atoms with Gasteiger partial charge in [0.25, 0.3) is 0 Å². The average molecular weight is 531 g/mol. The molecule has 0 radical (unpaired) electrons. The van der Waals surface area contributed by atoms with Gasteiger partial charge < -0.3 is 0 Å². The van der Waals surface area contributed by atoms with E-state index in [-0.39, 0.29) is 0 Å². The number of fused-ring (bicyclic) bond motifs is 7. The predicted octanol–water partition coefficient (Wildman–Crippen LogP) is 11.2. The van der Waals surface area contributed by atoms with E-state index in [1.54, 1.807) is 0 Å². The van der Waals surface area contributed by atoms with E-state index in [0.29, 0.717) is 11.3 Å². The molecular weight excluding hydrogens is 508 g/mol. The van der Waals surface area contributed by atoms with Gasteiger partial charge in [0.2, 0.25) is 0 Å². The van der Waals surface area contributed by atoms with Crippen molar-refractivity contribution in [3.63, 3.8) is 0 Å². The zero-order valence-corrected chi connectivity index (χ0v) is 22.6. The third-order valence-electron chi connectivity index (χ3n) is 8.41. The lowest BCUT2D eigenvalue weighted by Crippen LogP contribution is -1.89. The van der Waals surface area contributed by atoms with Gasteiger partial charge >= 0.3 is 0 Å². The van der Waals surface area contributed by atoms with Crippen molar-refractivity contribution >= 4 is 59.5 Å². The Labute approximate surface area is 243 Å². The third-order valence-corrected chi connectivity index (χ3v) is 8.41. The summed E-state index contributed by atoms with van der Waals surface area (Å²) in [7, 11) is 0. The Balaban J connectivity index is 1.42. The Kier molecular flexibility index (Phi) is 5.29. The molecule has 0 atom stereocenters. The second-order valence-electron chi connectivity index (χ2n) is 10.8. The summed E-state index contributed by atoms with van der Waals surface area (Å²) in [5.74, 6) is 0. The standard InChI is InChI=1S/C40H22N2/c1-42-33-17-16-28-20-31(15-13-29(28)21-33)39-23-32-22-38(30-14-12-26-18-25(24-41)10-11-27(26)19-30)34-6-2-4-8-36(34)40(32)37-9-5-3-7-35(37)39/h2-23H. The molecule has 0 unspecified atom stereocenters. The highest BCUT2D eigenvalue weighted by atomic mass is 14.6. The molecule has 8 aromatic carbocycles. The molecule has 0 amide bonds. The van der Waals surface area contributed by atoms with Crippen molar-refractivity contribution in [2.24, 2.45) is 0 Å². The second-order valence-corrected chi connectivity index (χ2v) is 10.8. The van der Waals surface area contributed by atoms with Crippen molar-refractivity contribution < 1.29 is 0 Å². The lowest BCUT2D eigenvalue weighted by molar-refractivity contribution is 1.50. The van der Waals surface area contributed by atoms with Crippen molar-refractivity contribution in [2.75, 3.05) is 0 Å². The molecule has 0 fully saturated rings. The minimum absolute atomic E-state index is 0.657. The van der Waals surface area contributed by atoms with Crippen LogP contribution in [0.4, 0.5) is 5.69 Å². The van der Waals surface area contributed by atoms with E-state index in [2.05, 4.69) is 108 Å². The van der Waals surface area contributed by atoms with Crippen LogP contribution in [0.15, 0.2) is 133 Å². The Bertz CT molecular complexity index is 2320. The highest BCUT2D eigenvalue weighted by Crippen LogP contribution is 2.42. The molecule has 0 aliphatic rings. The molecule has 0 N–H and O–H groups in total. The van der Waals surface area contributed by atoms with Crippen LogP contribution in [-0.4, -0.2) is 0 Å². The van der Waals surface area contributed by atoms with Gasteiger partial charge in [-0.05, 0) is 119 Å². The fourth-order valence-electron chi connectivity index (χ4n) is 6.41. The van der Waals surface area contributed by atoms with E-state index in [1.165, 1.54) is 43.4 Å². The number of benzene rings is 8. The Hall–Kier alpha value is -5.96. The summed E-state index contributed by atoms with van der Waals surface area (Å²) in [5, 5.41) is 21.1. The maximum atomic E-state index is 9.34. The van der Waals surface area contributed by atoms with Crippen molar-refractivity contribution in [3.8, 4) is 28.3 Å². The van der Waals surface area contributed by atoms with E-state index >= 15 is 0 Å². The highest BCUT2D eigenvalue weighted by molar-refractivity contribution is 6.26. The summed E-state index contributed by atoms with van der Waals surface area (Å²) in [6.07, 6.45) is 0. The molecule has 0 aliphatic heterocycles. The van der Waals surface area contributed by atoms with E-state index < -0.39 is 0 Å². The van der Waals surface area contributed by atoms with Crippen LogP contribution in [0.1, 0.15) is 5.56 Å². The molecule has 8 aromatic rings.